The van der Waals surface area contributed by atoms with Gasteiger partial charge in [-0.1, -0.05) is 0 Å². The van der Waals surface area contributed by atoms with Crippen LogP contribution in [0.25, 0.3) is 0 Å². The summed E-state index contributed by atoms with van der Waals surface area (Å²) in [5.74, 6) is 0.133. The van der Waals surface area contributed by atoms with Gasteiger partial charge in [-0.2, -0.15) is 0 Å². The van der Waals surface area contributed by atoms with E-state index >= 15 is 0 Å². The molecule has 4 nitrogen and oxygen atoms in total. The second kappa shape index (κ2) is 5.19. The quantitative estimate of drug-likeness (QED) is 0.643. The van der Waals surface area contributed by atoms with Crippen LogP contribution in [0, 0.1) is 5.92 Å². The van der Waals surface area contributed by atoms with E-state index in [2.05, 4.69) is 0 Å². The van der Waals surface area contributed by atoms with Gasteiger partial charge in [0.25, 0.3) is 0 Å². The average molecular weight is 187 g/mol. The molecule has 0 spiro atoms. The molecule has 1 heterocycles. The lowest BCUT2D eigenvalue weighted by Gasteiger charge is -2.13. The molecule has 0 aromatic heterocycles. The number of ether oxygens (including phenoxy) is 2. The number of rotatable bonds is 4. The van der Waals surface area contributed by atoms with E-state index < -0.39 is 6.04 Å². The fourth-order valence-electron chi connectivity index (χ4n) is 1.47. The Hall–Kier alpha value is -0.610. The van der Waals surface area contributed by atoms with E-state index in [1.54, 1.807) is 6.92 Å². The molecule has 1 rings (SSSR count). The molecule has 1 fully saturated rings. The van der Waals surface area contributed by atoms with Gasteiger partial charge < -0.3 is 15.2 Å². The minimum absolute atomic E-state index is 0.297. The Labute approximate surface area is 78.4 Å². The van der Waals surface area contributed by atoms with Crippen molar-refractivity contribution in [2.75, 3.05) is 19.8 Å². The van der Waals surface area contributed by atoms with Gasteiger partial charge in [-0.05, 0) is 25.7 Å². The van der Waals surface area contributed by atoms with Crippen molar-refractivity contribution in [3.63, 3.8) is 0 Å². The number of hydrogen-bond donors (Lipinski definition) is 1. The maximum atomic E-state index is 11.1. The van der Waals surface area contributed by atoms with Gasteiger partial charge >= 0.3 is 5.97 Å². The van der Waals surface area contributed by atoms with Gasteiger partial charge in [-0.3, -0.25) is 4.79 Å². The van der Waals surface area contributed by atoms with E-state index in [-0.39, 0.29) is 5.97 Å². The summed E-state index contributed by atoms with van der Waals surface area (Å²) in [6, 6.07) is -0.480. The number of carbonyl (C=O) groups excluding carboxylic acids is 1. The molecule has 4 heteroatoms. The third kappa shape index (κ3) is 3.32. The molecule has 2 atom stereocenters. The Morgan fingerprint density at radius 3 is 3.08 bits per heavy atom. The molecule has 13 heavy (non-hydrogen) atoms. The highest BCUT2D eigenvalue weighted by Gasteiger charge is 2.23. The standard InChI is InChI=1S/C9H17NO3/c1-2-13-9(11)8(10)5-7-3-4-12-6-7/h7-8H,2-6,10H2,1H3. The fourth-order valence-corrected chi connectivity index (χ4v) is 1.47. The van der Waals surface area contributed by atoms with Crippen LogP contribution in [-0.2, 0) is 14.3 Å². The highest BCUT2D eigenvalue weighted by Crippen LogP contribution is 2.17. The molecular formula is C9H17NO3. The lowest BCUT2D eigenvalue weighted by atomic mass is 10.00. The minimum Gasteiger partial charge on any atom is -0.465 e. The predicted octanol–water partition coefficient (Wildman–Crippen LogP) is 0.303. The summed E-state index contributed by atoms with van der Waals surface area (Å²) in [5.41, 5.74) is 5.65. The van der Waals surface area contributed by atoms with Crippen LogP contribution in [0.5, 0.6) is 0 Å². The molecular weight excluding hydrogens is 170 g/mol. The van der Waals surface area contributed by atoms with E-state index in [0.29, 0.717) is 18.9 Å². The lowest BCUT2D eigenvalue weighted by molar-refractivity contribution is -0.145. The normalized spacial score (nSPS) is 24.3. The van der Waals surface area contributed by atoms with Gasteiger partial charge in [0.15, 0.2) is 0 Å². The molecule has 0 radical (unpaired) electrons. The van der Waals surface area contributed by atoms with Crippen molar-refractivity contribution in [1.82, 2.24) is 0 Å². The third-order valence-corrected chi connectivity index (χ3v) is 2.20. The molecule has 0 aromatic carbocycles. The second-order valence-electron chi connectivity index (χ2n) is 3.32. The van der Waals surface area contributed by atoms with E-state index in [9.17, 15) is 4.79 Å². The Kier molecular flexibility index (Phi) is 4.18. The van der Waals surface area contributed by atoms with Crippen molar-refractivity contribution < 1.29 is 14.3 Å². The maximum Gasteiger partial charge on any atom is 0.322 e. The van der Waals surface area contributed by atoms with Crippen LogP contribution in [0.15, 0.2) is 0 Å². The predicted molar refractivity (Wildman–Crippen MR) is 48.2 cm³/mol. The van der Waals surface area contributed by atoms with E-state index in [0.717, 1.165) is 19.6 Å². The zero-order chi connectivity index (χ0) is 9.68. The zero-order valence-electron chi connectivity index (χ0n) is 7.99. The smallest absolute Gasteiger partial charge is 0.322 e. The first-order valence-electron chi connectivity index (χ1n) is 4.74. The van der Waals surface area contributed by atoms with E-state index in [1.165, 1.54) is 0 Å². The molecule has 0 saturated carbocycles. The Bertz CT molecular complexity index is 166. The van der Waals surface area contributed by atoms with Crippen molar-refractivity contribution in [2.45, 2.75) is 25.8 Å². The van der Waals surface area contributed by atoms with Crippen LogP contribution < -0.4 is 5.73 Å². The van der Waals surface area contributed by atoms with Crippen LogP contribution in [0.1, 0.15) is 19.8 Å². The van der Waals surface area contributed by atoms with Gasteiger partial charge in [0.1, 0.15) is 6.04 Å². The summed E-state index contributed by atoms with van der Waals surface area (Å²) in [4.78, 5) is 11.1. The van der Waals surface area contributed by atoms with Crippen LogP contribution in [0.2, 0.25) is 0 Å². The van der Waals surface area contributed by atoms with Crippen LogP contribution in [0.4, 0.5) is 0 Å². The maximum absolute atomic E-state index is 11.1. The summed E-state index contributed by atoms with van der Waals surface area (Å²) in [7, 11) is 0. The van der Waals surface area contributed by atoms with Gasteiger partial charge in [0, 0.05) is 13.2 Å². The zero-order valence-corrected chi connectivity index (χ0v) is 7.99. The van der Waals surface area contributed by atoms with Crippen molar-refractivity contribution >= 4 is 5.97 Å². The number of carbonyl (C=O) groups is 1. The second-order valence-corrected chi connectivity index (χ2v) is 3.32. The van der Waals surface area contributed by atoms with Gasteiger partial charge in [-0.15, -0.1) is 0 Å². The van der Waals surface area contributed by atoms with Crippen molar-refractivity contribution in [3.05, 3.63) is 0 Å². The first-order valence-corrected chi connectivity index (χ1v) is 4.74. The Morgan fingerprint density at radius 1 is 1.77 bits per heavy atom. The first-order chi connectivity index (χ1) is 6.24. The lowest BCUT2D eigenvalue weighted by Crippen LogP contribution is -2.34. The molecule has 2 N–H and O–H groups in total. The first kappa shape index (κ1) is 10.5. The van der Waals surface area contributed by atoms with E-state index in [4.69, 9.17) is 15.2 Å². The van der Waals surface area contributed by atoms with Crippen molar-refractivity contribution in [1.29, 1.82) is 0 Å². The number of esters is 1. The molecule has 0 aromatic rings. The number of hydrogen-bond acceptors (Lipinski definition) is 4. The summed E-state index contributed by atoms with van der Waals surface area (Å²) < 4.78 is 10.00. The molecule has 0 bridgehead atoms. The van der Waals surface area contributed by atoms with Crippen LogP contribution in [0.3, 0.4) is 0 Å². The highest BCUT2D eigenvalue weighted by atomic mass is 16.5. The topological polar surface area (TPSA) is 61.5 Å². The molecule has 1 aliphatic rings. The Balaban J connectivity index is 2.22. The molecule has 2 unspecified atom stereocenters. The highest BCUT2D eigenvalue weighted by molar-refractivity contribution is 5.75. The molecule has 76 valence electrons. The average Bonchev–Trinajstić information content (AvgIpc) is 2.57. The fraction of sp³-hybridized carbons (Fsp3) is 0.889. The summed E-state index contributed by atoms with van der Waals surface area (Å²) in [6.07, 6.45) is 1.69. The van der Waals surface area contributed by atoms with Crippen molar-refractivity contribution in [2.24, 2.45) is 11.7 Å². The van der Waals surface area contributed by atoms with Crippen LogP contribution in [-0.4, -0.2) is 31.8 Å². The van der Waals surface area contributed by atoms with Crippen LogP contribution >= 0.6 is 0 Å². The molecule has 0 amide bonds. The molecule has 1 saturated heterocycles. The Morgan fingerprint density at radius 2 is 2.54 bits per heavy atom. The molecule has 1 aliphatic heterocycles. The summed E-state index contributed by atoms with van der Waals surface area (Å²) >= 11 is 0. The van der Waals surface area contributed by atoms with Gasteiger partial charge in [0.05, 0.1) is 6.61 Å². The van der Waals surface area contributed by atoms with Crippen molar-refractivity contribution in [3.8, 4) is 0 Å². The van der Waals surface area contributed by atoms with Gasteiger partial charge in [-0.25, -0.2) is 0 Å². The largest absolute Gasteiger partial charge is 0.465 e. The summed E-state index contributed by atoms with van der Waals surface area (Å²) in [5, 5.41) is 0. The van der Waals surface area contributed by atoms with E-state index in [1.807, 2.05) is 0 Å². The third-order valence-electron chi connectivity index (χ3n) is 2.20. The van der Waals surface area contributed by atoms with Gasteiger partial charge in [0.2, 0.25) is 0 Å². The summed E-state index contributed by atoms with van der Waals surface area (Å²) in [6.45, 7) is 3.70. The number of nitrogens with two attached hydrogens (primary N) is 1. The minimum atomic E-state index is -0.480. The SMILES string of the molecule is CCOC(=O)C(N)CC1CCOC1. The monoisotopic (exact) mass is 187 g/mol. The molecule has 0 aliphatic carbocycles.